The molecule has 34 heavy (non-hydrogen) atoms. The van der Waals surface area contributed by atoms with E-state index in [1.807, 2.05) is 62.4 Å². The Morgan fingerprint density at radius 2 is 1.79 bits per heavy atom. The van der Waals surface area contributed by atoms with Gasteiger partial charge in [-0.25, -0.2) is 9.67 Å². The van der Waals surface area contributed by atoms with Crippen LogP contribution in [0.25, 0.3) is 16.7 Å². The Morgan fingerprint density at radius 3 is 2.50 bits per heavy atom. The maximum absolute atomic E-state index is 13.1. The van der Waals surface area contributed by atoms with Crippen LogP contribution >= 0.6 is 0 Å². The van der Waals surface area contributed by atoms with Crippen molar-refractivity contribution >= 4 is 16.9 Å². The van der Waals surface area contributed by atoms with Gasteiger partial charge in [-0.05, 0) is 62.1 Å². The molecular formula is C26H27N5O3. The SMILES string of the molecule is Cc1ccc(C(=O)N2CCC(O)(Cn3cnc4c(cnn4-c4ccccc4)c3=O)CC2)cc1C. The number of hydrogen-bond acceptors (Lipinski definition) is 5. The fourth-order valence-corrected chi connectivity index (χ4v) is 4.48. The lowest BCUT2D eigenvalue weighted by Crippen LogP contribution is -2.49. The van der Waals surface area contributed by atoms with E-state index in [-0.39, 0.29) is 18.0 Å². The van der Waals surface area contributed by atoms with Gasteiger partial charge in [0.2, 0.25) is 0 Å². The maximum atomic E-state index is 13.1. The normalized spacial score (nSPS) is 15.6. The predicted molar refractivity (Wildman–Crippen MR) is 129 cm³/mol. The number of aliphatic hydroxyl groups is 1. The van der Waals surface area contributed by atoms with Gasteiger partial charge in [0.05, 0.1) is 24.0 Å². The number of benzene rings is 2. The summed E-state index contributed by atoms with van der Waals surface area (Å²) in [6.07, 6.45) is 3.76. The van der Waals surface area contributed by atoms with Gasteiger partial charge < -0.3 is 10.0 Å². The third-order valence-corrected chi connectivity index (χ3v) is 6.76. The van der Waals surface area contributed by atoms with Crippen LogP contribution < -0.4 is 5.56 Å². The van der Waals surface area contributed by atoms with Gasteiger partial charge in [0.1, 0.15) is 11.7 Å². The first-order chi connectivity index (χ1) is 16.3. The highest BCUT2D eigenvalue weighted by atomic mass is 16.3. The van der Waals surface area contributed by atoms with E-state index in [0.29, 0.717) is 42.5 Å². The van der Waals surface area contributed by atoms with Gasteiger partial charge in [-0.2, -0.15) is 5.10 Å². The van der Waals surface area contributed by atoms with Crippen molar-refractivity contribution in [1.29, 1.82) is 0 Å². The highest BCUT2D eigenvalue weighted by Crippen LogP contribution is 2.25. The lowest BCUT2D eigenvalue weighted by Gasteiger charge is -2.38. The van der Waals surface area contributed by atoms with Crippen LogP contribution in [0.15, 0.2) is 65.8 Å². The number of carbonyl (C=O) groups is 1. The van der Waals surface area contributed by atoms with Crippen molar-refractivity contribution in [2.75, 3.05) is 13.1 Å². The average Bonchev–Trinajstić information content (AvgIpc) is 3.28. The van der Waals surface area contributed by atoms with Crippen LogP contribution in [0.4, 0.5) is 0 Å². The molecular weight excluding hydrogens is 430 g/mol. The molecule has 5 rings (SSSR count). The molecule has 0 saturated carbocycles. The molecule has 1 amide bonds. The first kappa shape index (κ1) is 22.0. The summed E-state index contributed by atoms with van der Waals surface area (Å²) in [5.41, 5.74) is 2.86. The van der Waals surface area contributed by atoms with Crippen LogP contribution in [0.5, 0.6) is 0 Å². The molecule has 3 heterocycles. The summed E-state index contributed by atoms with van der Waals surface area (Å²) in [5, 5.41) is 15.9. The van der Waals surface area contributed by atoms with Crippen molar-refractivity contribution in [3.8, 4) is 5.69 Å². The number of aryl methyl sites for hydroxylation is 2. The quantitative estimate of drug-likeness (QED) is 0.509. The molecule has 1 fully saturated rings. The number of para-hydroxylation sites is 1. The van der Waals surface area contributed by atoms with Gasteiger partial charge in [-0.1, -0.05) is 24.3 Å². The van der Waals surface area contributed by atoms with Gasteiger partial charge in [-0.15, -0.1) is 0 Å². The van der Waals surface area contributed by atoms with Crippen LogP contribution in [0.1, 0.15) is 34.3 Å². The number of nitrogens with zero attached hydrogens (tertiary/aromatic N) is 5. The molecule has 0 unspecified atom stereocenters. The lowest BCUT2D eigenvalue weighted by molar-refractivity contribution is -0.0299. The first-order valence-corrected chi connectivity index (χ1v) is 11.4. The van der Waals surface area contributed by atoms with Crippen LogP contribution in [0.3, 0.4) is 0 Å². The molecule has 0 bridgehead atoms. The van der Waals surface area contributed by atoms with Crippen LogP contribution in [-0.4, -0.2) is 53.9 Å². The van der Waals surface area contributed by atoms with Gasteiger partial charge in [0.25, 0.3) is 11.5 Å². The zero-order valence-electron chi connectivity index (χ0n) is 19.3. The Balaban J connectivity index is 1.31. The fraction of sp³-hybridized carbons (Fsp3) is 0.308. The summed E-state index contributed by atoms with van der Waals surface area (Å²) in [4.78, 5) is 32.3. The minimum atomic E-state index is -1.09. The van der Waals surface area contributed by atoms with Gasteiger partial charge >= 0.3 is 0 Å². The van der Waals surface area contributed by atoms with E-state index in [1.54, 1.807) is 9.58 Å². The number of rotatable bonds is 4. The molecule has 2 aromatic heterocycles. The summed E-state index contributed by atoms with van der Waals surface area (Å²) in [7, 11) is 0. The van der Waals surface area contributed by atoms with Crippen LogP contribution in [0, 0.1) is 13.8 Å². The Labute approximate surface area is 197 Å². The topological polar surface area (TPSA) is 93.2 Å². The molecule has 8 heteroatoms. The molecule has 2 aromatic carbocycles. The minimum Gasteiger partial charge on any atom is -0.388 e. The second-order valence-electron chi connectivity index (χ2n) is 9.12. The summed E-state index contributed by atoms with van der Waals surface area (Å²) >= 11 is 0. The molecule has 1 aliphatic heterocycles. The zero-order valence-corrected chi connectivity index (χ0v) is 19.3. The molecule has 0 spiro atoms. The first-order valence-electron chi connectivity index (χ1n) is 11.4. The second kappa shape index (κ2) is 8.53. The monoisotopic (exact) mass is 457 g/mol. The molecule has 1 aliphatic rings. The summed E-state index contributed by atoms with van der Waals surface area (Å²) in [5.74, 6) is -0.0290. The molecule has 0 atom stereocenters. The van der Waals surface area contributed by atoms with Gasteiger partial charge in [0.15, 0.2) is 5.65 Å². The highest BCUT2D eigenvalue weighted by Gasteiger charge is 2.35. The Hall–Kier alpha value is -3.78. The van der Waals surface area contributed by atoms with Crippen molar-refractivity contribution in [3.63, 3.8) is 0 Å². The van der Waals surface area contributed by atoms with Crippen molar-refractivity contribution < 1.29 is 9.90 Å². The standard InChI is InChI=1S/C26H27N5O3/c1-18-8-9-20(14-19(18)2)24(32)29-12-10-26(34,11-13-29)16-30-17-27-23-22(25(30)33)15-28-31(23)21-6-4-3-5-7-21/h3-9,14-15,17,34H,10-13,16H2,1-2H3. The van der Waals surface area contributed by atoms with E-state index in [2.05, 4.69) is 10.1 Å². The molecule has 1 N–H and O–H groups in total. The Morgan fingerprint density at radius 1 is 1.06 bits per heavy atom. The van der Waals surface area contributed by atoms with Crippen LogP contribution in [0.2, 0.25) is 0 Å². The molecule has 0 aliphatic carbocycles. The number of likely N-dealkylation sites (tertiary alicyclic amines) is 1. The third-order valence-electron chi connectivity index (χ3n) is 6.76. The molecule has 174 valence electrons. The van der Waals surface area contributed by atoms with E-state index in [4.69, 9.17) is 0 Å². The van der Waals surface area contributed by atoms with E-state index in [0.717, 1.165) is 16.8 Å². The fourth-order valence-electron chi connectivity index (χ4n) is 4.48. The maximum Gasteiger partial charge on any atom is 0.264 e. The Bertz CT molecular complexity index is 1420. The van der Waals surface area contributed by atoms with Crippen LogP contribution in [-0.2, 0) is 6.54 Å². The zero-order chi connectivity index (χ0) is 23.9. The molecule has 1 saturated heterocycles. The van der Waals surface area contributed by atoms with Crippen molar-refractivity contribution in [2.24, 2.45) is 0 Å². The van der Waals surface area contributed by atoms with Gasteiger partial charge in [0, 0.05) is 18.7 Å². The number of hydrogen-bond donors (Lipinski definition) is 1. The smallest absolute Gasteiger partial charge is 0.264 e. The second-order valence-corrected chi connectivity index (χ2v) is 9.12. The van der Waals surface area contributed by atoms with Gasteiger partial charge in [-0.3, -0.25) is 14.2 Å². The number of carbonyl (C=O) groups excluding carboxylic acids is 1. The predicted octanol–water partition coefficient (Wildman–Crippen LogP) is 2.87. The van der Waals surface area contributed by atoms with Crippen molar-refractivity contribution in [1.82, 2.24) is 24.2 Å². The lowest BCUT2D eigenvalue weighted by atomic mass is 9.90. The number of amides is 1. The van der Waals surface area contributed by atoms with E-state index >= 15 is 0 Å². The van der Waals surface area contributed by atoms with Crippen molar-refractivity contribution in [2.45, 2.75) is 38.8 Å². The summed E-state index contributed by atoms with van der Waals surface area (Å²) < 4.78 is 3.08. The Kier molecular flexibility index (Phi) is 5.53. The number of fused-ring (bicyclic) bond motifs is 1. The molecule has 8 nitrogen and oxygen atoms in total. The van der Waals surface area contributed by atoms with E-state index in [1.165, 1.54) is 17.1 Å². The number of aromatic nitrogens is 4. The number of piperidine rings is 1. The molecule has 4 aromatic rings. The third kappa shape index (κ3) is 4.01. The molecule has 0 radical (unpaired) electrons. The summed E-state index contributed by atoms with van der Waals surface area (Å²) in [6.45, 7) is 4.99. The van der Waals surface area contributed by atoms with E-state index in [9.17, 15) is 14.7 Å². The minimum absolute atomic E-state index is 0.0290. The van der Waals surface area contributed by atoms with E-state index < -0.39 is 5.60 Å². The summed E-state index contributed by atoms with van der Waals surface area (Å²) in [6, 6.07) is 15.2. The largest absolute Gasteiger partial charge is 0.388 e. The highest BCUT2D eigenvalue weighted by molar-refractivity contribution is 5.94. The van der Waals surface area contributed by atoms with Crippen molar-refractivity contribution in [3.05, 3.63) is 88.1 Å². The average molecular weight is 458 g/mol.